The van der Waals surface area contributed by atoms with Gasteiger partial charge in [-0.15, -0.1) is 0 Å². The van der Waals surface area contributed by atoms with Crippen LogP contribution in [0.4, 0.5) is 0 Å². The molecule has 0 unspecified atom stereocenters. The van der Waals surface area contributed by atoms with Crippen LogP contribution in [-0.4, -0.2) is 26.8 Å². The van der Waals surface area contributed by atoms with E-state index in [1.807, 2.05) is 18.2 Å². The van der Waals surface area contributed by atoms with Gasteiger partial charge in [0.05, 0.1) is 11.8 Å². The molecule has 2 N–H and O–H groups in total. The number of carbonyl (C=O) groups is 2. The lowest BCUT2D eigenvalue weighted by Crippen LogP contribution is -2.22. The number of nitrogens with zero attached hydrogens (tertiary/aromatic N) is 2. The molecule has 0 radical (unpaired) electrons. The third-order valence-corrected chi connectivity index (χ3v) is 2.79. The van der Waals surface area contributed by atoms with Crippen molar-refractivity contribution in [3.8, 4) is 0 Å². The van der Waals surface area contributed by atoms with E-state index in [9.17, 15) is 9.59 Å². The summed E-state index contributed by atoms with van der Waals surface area (Å²) in [6, 6.07) is 7.30. The Morgan fingerprint density at radius 3 is 2.90 bits per heavy atom. The molecule has 6 heteroatoms. The highest BCUT2D eigenvalue weighted by molar-refractivity contribution is 5.93. The molecule has 0 fully saturated rings. The SMILES string of the molecule is Cn1cc(C(=O)NCc2cccc(C=CC(=O)O)c2)cn1. The Hall–Kier alpha value is -2.89. The molecule has 0 aliphatic rings. The van der Waals surface area contributed by atoms with Crippen molar-refractivity contribution in [1.29, 1.82) is 0 Å². The third-order valence-electron chi connectivity index (χ3n) is 2.79. The van der Waals surface area contributed by atoms with Crippen molar-refractivity contribution >= 4 is 18.0 Å². The van der Waals surface area contributed by atoms with E-state index in [2.05, 4.69) is 10.4 Å². The molecule has 6 nitrogen and oxygen atoms in total. The lowest BCUT2D eigenvalue weighted by Gasteiger charge is -2.04. The maximum atomic E-state index is 11.9. The second-order valence-corrected chi connectivity index (χ2v) is 4.50. The Labute approximate surface area is 121 Å². The summed E-state index contributed by atoms with van der Waals surface area (Å²) in [5.74, 6) is -1.19. The van der Waals surface area contributed by atoms with Gasteiger partial charge in [0.2, 0.25) is 0 Å². The minimum absolute atomic E-state index is 0.199. The standard InChI is InChI=1S/C15H15N3O3/c1-18-10-13(9-17-18)15(21)16-8-12-4-2-3-11(7-12)5-6-14(19)20/h2-7,9-10H,8H2,1H3,(H,16,21)(H,19,20). The van der Waals surface area contributed by atoms with E-state index < -0.39 is 5.97 Å². The average molecular weight is 285 g/mol. The molecule has 1 aromatic carbocycles. The molecule has 0 aliphatic heterocycles. The number of hydrogen-bond donors (Lipinski definition) is 2. The number of aromatic nitrogens is 2. The van der Waals surface area contributed by atoms with Crippen LogP contribution in [0.25, 0.3) is 6.08 Å². The minimum Gasteiger partial charge on any atom is -0.478 e. The predicted octanol–water partition coefficient (Wildman–Crippen LogP) is 1.45. The summed E-state index contributed by atoms with van der Waals surface area (Å²) in [5.41, 5.74) is 2.16. The maximum absolute atomic E-state index is 11.9. The molecule has 1 amide bonds. The minimum atomic E-state index is -0.995. The lowest BCUT2D eigenvalue weighted by molar-refractivity contribution is -0.131. The first-order valence-electron chi connectivity index (χ1n) is 6.31. The molecule has 2 rings (SSSR count). The molecule has 0 aliphatic carbocycles. The second kappa shape index (κ2) is 6.51. The number of carboxylic acids is 1. The van der Waals surface area contributed by atoms with Crippen LogP contribution in [0, 0.1) is 0 Å². The Kier molecular flexibility index (Phi) is 4.50. The number of rotatable bonds is 5. The Bertz CT molecular complexity index is 689. The van der Waals surface area contributed by atoms with E-state index in [4.69, 9.17) is 5.11 Å². The summed E-state index contributed by atoms with van der Waals surface area (Å²) in [7, 11) is 1.75. The molecule has 0 bridgehead atoms. The van der Waals surface area contributed by atoms with Gasteiger partial charge in [-0.2, -0.15) is 5.10 Å². The normalized spacial score (nSPS) is 10.7. The number of nitrogens with one attached hydrogen (secondary N) is 1. The second-order valence-electron chi connectivity index (χ2n) is 4.50. The number of amides is 1. The fraction of sp³-hybridized carbons (Fsp3) is 0.133. The van der Waals surface area contributed by atoms with Gasteiger partial charge in [-0.05, 0) is 23.3 Å². The smallest absolute Gasteiger partial charge is 0.328 e. The maximum Gasteiger partial charge on any atom is 0.328 e. The summed E-state index contributed by atoms with van der Waals surface area (Å²) in [5, 5.41) is 15.3. The van der Waals surface area contributed by atoms with Crippen molar-refractivity contribution in [2.45, 2.75) is 6.54 Å². The van der Waals surface area contributed by atoms with E-state index in [-0.39, 0.29) is 5.91 Å². The van der Waals surface area contributed by atoms with Gasteiger partial charge < -0.3 is 10.4 Å². The molecular weight excluding hydrogens is 270 g/mol. The van der Waals surface area contributed by atoms with Gasteiger partial charge in [0.25, 0.3) is 5.91 Å². The van der Waals surface area contributed by atoms with Crippen molar-refractivity contribution in [2.75, 3.05) is 0 Å². The Balaban J connectivity index is 1.98. The van der Waals surface area contributed by atoms with E-state index >= 15 is 0 Å². The van der Waals surface area contributed by atoms with Crippen LogP contribution in [0.2, 0.25) is 0 Å². The number of carbonyl (C=O) groups excluding carboxylic acids is 1. The topological polar surface area (TPSA) is 84.2 Å². The largest absolute Gasteiger partial charge is 0.478 e. The fourth-order valence-electron chi connectivity index (χ4n) is 1.80. The van der Waals surface area contributed by atoms with Crippen LogP contribution in [0.15, 0.2) is 42.7 Å². The lowest BCUT2D eigenvalue weighted by atomic mass is 10.1. The molecule has 0 atom stereocenters. The monoisotopic (exact) mass is 285 g/mol. The average Bonchev–Trinajstić information content (AvgIpc) is 2.90. The zero-order valence-corrected chi connectivity index (χ0v) is 11.5. The third kappa shape index (κ3) is 4.31. The summed E-state index contributed by atoms with van der Waals surface area (Å²) in [4.78, 5) is 22.4. The van der Waals surface area contributed by atoms with Crippen molar-refractivity contribution < 1.29 is 14.7 Å². The quantitative estimate of drug-likeness (QED) is 0.814. The van der Waals surface area contributed by atoms with Crippen LogP contribution >= 0.6 is 0 Å². The molecule has 0 saturated heterocycles. The van der Waals surface area contributed by atoms with Gasteiger partial charge in [0, 0.05) is 25.9 Å². The van der Waals surface area contributed by atoms with Crippen LogP contribution in [0.3, 0.4) is 0 Å². The summed E-state index contributed by atoms with van der Waals surface area (Å²) < 4.78 is 1.56. The fourth-order valence-corrected chi connectivity index (χ4v) is 1.80. The zero-order valence-electron chi connectivity index (χ0n) is 11.5. The number of aryl methyl sites for hydroxylation is 1. The van der Waals surface area contributed by atoms with E-state index in [1.54, 1.807) is 24.0 Å². The van der Waals surface area contributed by atoms with Crippen molar-refractivity contribution in [3.63, 3.8) is 0 Å². The van der Waals surface area contributed by atoms with E-state index in [0.717, 1.165) is 17.2 Å². The highest BCUT2D eigenvalue weighted by Crippen LogP contribution is 2.07. The van der Waals surface area contributed by atoms with E-state index in [0.29, 0.717) is 12.1 Å². The number of aliphatic carboxylic acids is 1. The van der Waals surface area contributed by atoms with Gasteiger partial charge in [0.15, 0.2) is 0 Å². The molecule has 0 saturated carbocycles. The summed E-state index contributed by atoms with van der Waals surface area (Å²) in [6.07, 6.45) is 5.73. The van der Waals surface area contributed by atoms with Gasteiger partial charge in [-0.25, -0.2) is 4.79 Å². The van der Waals surface area contributed by atoms with Crippen LogP contribution in [0.5, 0.6) is 0 Å². The first-order valence-corrected chi connectivity index (χ1v) is 6.31. The summed E-state index contributed by atoms with van der Waals surface area (Å²) >= 11 is 0. The predicted molar refractivity (Wildman–Crippen MR) is 77.5 cm³/mol. The molecule has 1 aromatic heterocycles. The van der Waals surface area contributed by atoms with Gasteiger partial charge in [-0.3, -0.25) is 9.48 Å². The van der Waals surface area contributed by atoms with Crippen LogP contribution < -0.4 is 5.32 Å². The molecule has 1 heterocycles. The number of hydrogen-bond acceptors (Lipinski definition) is 3. The van der Waals surface area contributed by atoms with Crippen molar-refractivity contribution in [1.82, 2.24) is 15.1 Å². The Morgan fingerprint density at radius 2 is 2.24 bits per heavy atom. The first-order chi connectivity index (χ1) is 10.0. The number of benzene rings is 1. The highest BCUT2D eigenvalue weighted by atomic mass is 16.4. The number of carboxylic acid groups (broad SMARTS) is 1. The van der Waals surface area contributed by atoms with Crippen LogP contribution in [0.1, 0.15) is 21.5 Å². The summed E-state index contributed by atoms with van der Waals surface area (Å²) in [6.45, 7) is 0.364. The van der Waals surface area contributed by atoms with Gasteiger partial charge in [-0.1, -0.05) is 18.2 Å². The molecular formula is C15H15N3O3. The zero-order chi connectivity index (χ0) is 15.2. The molecule has 0 spiro atoms. The first kappa shape index (κ1) is 14.5. The van der Waals surface area contributed by atoms with Gasteiger partial charge in [0.1, 0.15) is 0 Å². The van der Waals surface area contributed by atoms with Gasteiger partial charge >= 0.3 is 5.97 Å². The Morgan fingerprint density at radius 1 is 1.43 bits per heavy atom. The van der Waals surface area contributed by atoms with Crippen molar-refractivity contribution in [3.05, 3.63) is 59.4 Å². The highest BCUT2D eigenvalue weighted by Gasteiger charge is 2.07. The van der Waals surface area contributed by atoms with Crippen molar-refractivity contribution in [2.24, 2.45) is 7.05 Å². The molecule has 21 heavy (non-hydrogen) atoms. The van der Waals surface area contributed by atoms with Crippen LogP contribution in [-0.2, 0) is 18.4 Å². The molecule has 108 valence electrons. The molecule has 2 aromatic rings. The van der Waals surface area contributed by atoms with E-state index in [1.165, 1.54) is 12.3 Å².